The zero-order valence-electron chi connectivity index (χ0n) is 18.4. The number of para-hydroxylation sites is 1. The van der Waals surface area contributed by atoms with E-state index in [1.165, 1.54) is 12.1 Å². The predicted molar refractivity (Wildman–Crippen MR) is 131 cm³/mol. The SMILES string of the molecule is COc1ccc(Sc2c(O)c3c(=O)n4c5c(cccc5c3oc2=O)CC4c2ccc(F)cc2)cc1. The highest BCUT2D eigenvalue weighted by molar-refractivity contribution is 7.99. The summed E-state index contributed by atoms with van der Waals surface area (Å²) in [5, 5.41) is 11.7. The van der Waals surface area contributed by atoms with E-state index in [4.69, 9.17) is 9.15 Å². The summed E-state index contributed by atoms with van der Waals surface area (Å²) in [6.45, 7) is 0. The molecular formula is C27H18FNO5S. The van der Waals surface area contributed by atoms with Crippen molar-refractivity contribution < 1.29 is 18.7 Å². The third-order valence-electron chi connectivity index (χ3n) is 6.36. The van der Waals surface area contributed by atoms with Crippen molar-refractivity contribution in [3.05, 3.63) is 104 Å². The molecule has 1 aliphatic rings. The minimum Gasteiger partial charge on any atom is -0.505 e. The summed E-state index contributed by atoms with van der Waals surface area (Å²) >= 11 is 1.01. The maximum Gasteiger partial charge on any atom is 0.354 e. The Morgan fingerprint density at radius 3 is 2.51 bits per heavy atom. The minimum atomic E-state index is -0.728. The third kappa shape index (κ3) is 3.32. The van der Waals surface area contributed by atoms with E-state index in [0.29, 0.717) is 28.0 Å². The predicted octanol–water partition coefficient (Wildman–Crippen LogP) is 5.26. The van der Waals surface area contributed by atoms with Crippen molar-refractivity contribution in [3.8, 4) is 11.5 Å². The van der Waals surface area contributed by atoms with Gasteiger partial charge in [-0.25, -0.2) is 9.18 Å². The number of nitrogens with zero attached hydrogens (tertiary/aromatic N) is 1. The van der Waals surface area contributed by atoms with Crippen molar-refractivity contribution in [1.29, 1.82) is 0 Å². The molecule has 1 N–H and O–H groups in total. The number of fused-ring (bicyclic) bond motifs is 2. The van der Waals surface area contributed by atoms with Gasteiger partial charge >= 0.3 is 5.63 Å². The van der Waals surface area contributed by atoms with Gasteiger partial charge in [-0.15, -0.1) is 0 Å². The van der Waals surface area contributed by atoms with E-state index in [2.05, 4.69) is 0 Å². The summed E-state index contributed by atoms with van der Waals surface area (Å²) in [4.78, 5) is 27.3. The van der Waals surface area contributed by atoms with Crippen LogP contribution in [0.5, 0.6) is 11.5 Å². The molecule has 8 heteroatoms. The molecule has 5 aromatic rings. The number of methoxy groups -OCH3 is 1. The molecule has 0 aliphatic carbocycles. The number of aromatic hydroxyl groups is 1. The molecule has 0 saturated heterocycles. The topological polar surface area (TPSA) is 81.7 Å². The summed E-state index contributed by atoms with van der Waals surface area (Å²) in [6, 6.07) is 18.1. The van der Waals surface area contributed by atoms with Gasteiger partial charge in [0.2, 0.25) is 0 Å². The highest BCUT2D eigenvalue weighted by Crippen LogP contribution is 2.41. The Balaban J connectivity index is 1.60. The highest BCUT2D eigenvalue weighted by Gasteiger charge is 2.31. The smallest absolute Gasteiger partial charge is 0.354 e. The number of ether oxygens (including phenoxy) is 1. The third-order valence-corrected chi connectivity index (χ3v) is 7.43. The van der Waals surface area contributed by atoms with E-state index in [-0.39, 0.29) is 27.7 Å². The van der Waals surface area contributed by atoms with Gasteiger partial charge in [0.25, 0.3) is 5.56 Å². The Bertz CT molecular complexity index is 1740. The molecule has 6 nitrogen and oxygen atoms in total. The molecule has 35 heavy (non-hydrogen) atoms. The molecule has 0 radical (unpaired) electrons. The van der Waals surface area contributed by atoms with Crippen LogP contribution in [0.3, 0.4) is 0 Å². The van der Waals surface area contributed by atoms with Gasteiger partial charge in [0.15, 0.2) is 11.3 Å². The van der Waals surface area contributed by atoms with E-state index in [0.717, 1.165) is 22.9 Å². The van der Waals surface area contributed by atoms with Crippen LogP contribution in [0.2, 0.25) is 0 Å². The van der Waals surface area contributed by atoms with Crippen LogP contribution >= 0.6 is 11.8 Å². The zero-order chi connectivity index (χ0) is 24.3. The van der Waals surface area contributed by atoms with Crippen LogP contribution < -0.4 is 15.9 Å². The van der Waals surface area contributed by atoms with Crippen LogP contribution in [-0.4, -0.2) is 16.8 Å². The van der Waals surface area contributed by atoms with Crippen molar-refractivity contribution in [2.75, 3.05) is 7.11 Å². The fourth-order valence-electron chi connectivity index (χ4n) is 4.74. The lowest BCUT2D eigenvalue weighted by molar-refractivity contribution is 0.414. The first kappa shape index (κ1) is 21.5. The van der Waals surface area contributed by atoms with Crippen LogP contribution in [0.25, 0.3) is 21.9 Å². The molecule has 3 aromatic carbocycles. The molecule has 3 heterocycles. The van der Waals surface area contributed by atoms with Gasteiger partial charge < -0.3 is 14.3 Å². The van der Waals surface area contributed by atoms with Gasteiger partial charge in [0.05, 0.1) is 18.7 Å². The largest absolute Gasteiger partial charge is 0.505 e. The van der Waals surface area contributed by atoms with Crippen LogP contribution in [0.4, 0.5) is 4.39 Å². The number of hydrogen-bond donors (Lipinski definition) is 1. The van der Waals surface area contributed by atoms with Gasteiger partial charge in [-0.05, 0) is 60.0 Å². The second-order valence-electron chi connectivity index (χ2n) is 8.31. The summed E-state index contributed by atoms with van der Waals surface area (Å²) in [5.74, 6) is -0.123. The van der Waals surface area contributed by atoms with Gasteiger partial charge in [-0.2, -0.15) is 0 Å². The summed E-state index contributed by atoms with van der Waals surface area (Å²) in [7, 11) is 1.55. The van der Waals surface area contributed by atoms with Crippen molar-refractivity contribution in [3.63, 3.8) is 0 Å². The van der Waals surface area contributed by atoms with Crippen molar-refractivity contribution >= 4 is 33.6 Å². The Morgan fingerprint density at radius 2 is 1.80 bits per heavy atom. The standard InChI is InChI=1S/C27H18FNO5S/c1-33-17-9-11-18(12-10-17)35-25-23(30)21-24(34-27(25)32)19-4-2-3-15-13-20(29(22(15)19)26(21)31)14-5-7-16(28)8-6-14/h2-12,20,30H,13H2,1H3. The van der Waals surface area contributed by atoms with E-state index in [1.54, 1.807) is 54.1 Å². The molecule has 0 saturated carbocycles. The molecule has 6 rings (SSSR count). The van der Waals surface area contributed by atoms with Crippen LogP contribution in [-0.2, 0) is 6.42 Å². The molecule has 174 valence electrons. The maximum atomic E-state index is 13.8. The molecule has 2 aromatic heterocycles. The second kappa shape index (κ2) is 8.02. The zero-order valence-corrected chi connectivity index (χ0v) is 19.3. The monoisotopic (exact) mass is 487 g/mol. The van der Waals surface area contributed by atoms with E-state index in [9.17, 15) is 19.1 Å². The number of halogens is 1. The molecule has 1 aliphatic heterocycles. The lowest BCUT2D eigenvalue weighted by Gasteiger charge is -2.17. The Morgan fingerprint density at radius 1 is 1.06 bits per heavy atom. The normalized spacial score (nSPS) is 14.6. The van der Waals surface area contributed by atoms with Gasteiger partial charge in [0.1, 0.15) is 21.8 Å². The van der Waals surface area contributed by atoms with Crippen molar-refractivity contribution in [2.24, 2.45) is 0 Å². The maximum absolute atomic E-state index is 13.8. The summed E-state index contributed by atoms with van der Waals surface area (Å²) < 4.78 is 26.0. The number of benzene rings is 3. The first-order valence-corrected chi connectivity index (χ1v) is 11.7. The van der Waals surface area contributed by atoms with E-state index in [1.807, 2.05) is 12.1 Å². The number of rotatable bonds is 4. The Kier molecular flexibility index (Phi) is 4.93. The number of pyridine rings is 1. The summed E-state index contributed by atoms with van der Waals surface area (Å²) in [6.07, 6.45) is 0.521. The average molecular weight is 488 g/mol. The highest BCUT2D eigenvalue weighted by atomic mass is 32.2. The first-order chi connectivity index (χ1) is 17.0. The quantitative estimate of drug-likeness (QED) is 0.349. The average Bonchev–Trinajstić information content (AvgIpc) is 3.26. The number of aromatic nitrogens is 1. The molecule has 0 spiro atoms. The van der Waals surface area contributed by atoms with Crippen LogP contribution in [0.1, 0.15) is 17.2 Å². The fourth-order valence-corrected chi connectivity index (χ4v) is 5.57. The summed E-state index contributed by atoms with van der Waals surface area (Å²) in [5.41, 5.74) is 1.20. The van der Waals surface area contributed by atoms with Gasteiger partial charge in [0, 0.05) is 10.3 Å². The van der Waals surface area contributed by atoms with Gasteiger partial charge in [-0.3, -0.25) is 9.36 Å². The molecule has 1 atom stereocenters. The minimum absolute atomic E-state index is 0.0562. The molecule has 1 unspecified atom stereocenters. The Hall–Kier alpha value is -4.04. The second-order valence-corrected chi connectivity index (χ2v) is 9.39. The lowest BCUT2D eigenvalue weighted by Crippen LogP contribution is -2.24. The molecular weight excluding hydrogens is 469 g/mol. The van der Waals surface area contributed by atoms with Crippen LogP contribution in [0, 0.1) is 5.82 Å². The first-order valence-electron chi connectivity index (χ1n) is 10.9. The molecule has 0 fully saturated rings. The molecule has 0 bridgehead atoms. The van der Waals surface area contributed by atoms with Crippen molar-refractivity contribution in [1.82, 2.24) is 4.57 Å². The molecule has 0 amide bonds. The van der Waals surface area contributed by atoms with E-state index >= 15 is 0 Å². The van der Waals surface area contributed by atoms with E-state index < -0.39 is 16.9 Å². The fraction of sp³-hybridized carbons (Fsp3) is 0.111. The van der Waals surface area contributed by atoms with Crippen molar-refractivity contribution in [2.45, 2.75) is 22.3 Å². The number of hydrogen-bond acceptors (Lipinski definition) is 6. The lowest BCUT2D eigenvalue weighted by atomic mass is 10.0. The van der Waals surface area contributed by atoms with Gasteiger partial charge in [-0.1, -0.05) is 36.0 Å². The Labute approximate surface area is 202 Å². The van der Waals surface area contributed by atoms with Crippen LogP contribution in [0.15, 0.2) is 90.5 Å².